The number of hydrogen-bond donors (Lipinski definition) is 1. The summed E-state index contributed by atoms with van der Waals surface area (Å²) in [5.74, 6) is 4.48. The lowest BCUT2D eigenvalue weighted by Gasteiger charge is -2.62. The molecule has 31 heavy (non-hydrogen) atoms. The van der Waals surface area contributed by atoms with Gasteiger partial charge in [-0.05, 0) is 110 Å². The molecule has 0 aromatic heterocycles. The molecular weight excluding hydrogens is 376 g/mol. The molecule has 3 saturated carbocycles. The zero-order chi connectivity index (χ0) is 22.8. The number of aliphatic hydroxyl groups is 1. The van der Waals surface area contributed by atoms with Crippen LogP contribution in [0, 0.1) is 51.8 Å². The molecule has 176 valence electrons. The maximum Gasteiger partial charge on any atom is 0.0594 e. The van der Waals surface area contributed by atoms with Crippen LogP contribution in [0.5, 0.6) is 0 Å². The second-order valence-corrected chi connectivity index (χ2v) is 13.5. The van der Waals surface area contributed by atoms with Gasteiger partial charge in [0.2, 0.25) is 0 Å². The van der Waals surface area contributed by atoms with Gasteiger partial charge in [-0.3, -0.25) is 0 Å². The van der Waals surface area contributed by atoms with Crippen molar-refractivity contribution in [2.45, 2.75) is 112 Å². The van der Waals surface area contributed by atoms with E-state index in [-0.39, 0.29) is 11.5 Å². The van der Waals surface area contributed by atoms with E-state index in [9.17, 15) is 5.11 Å². The summed E-state index contributed by atoms with van der Waals surface area (Å²) < 4.78 is 0. The van der Waals surface area contributed by atoms with Crippen LogP contribution in [0.15, 0.2) is 23.8 Å². The van der Waals surface area contributed by atoms with E-state index in [1.807, 2.05) is 5.57 Å². The minimum absolute atomic E-state index is 0.0430. The van der Waals surface area contributed by atoms with Gasteiger partial charge in [-0.25, -0.2) is 0 Å². The van der Waals surface area contributed by atoms with Crippen molar-refractivity contribution in [3.05, 3.63) is 23.8 Å². The Labute approximate surface area is 193 Å². The van der Waals surface area contributed by atoms with Gasteiger partial charge in [0.25, 0.3) is 0 Å². The summed E-state index contributed by atoms with van der Waals surface area (Å²) in [6, 6.07) is 0. The fraction of sp³-hybridized carbons (Fsp3) is 0.867. The van der Waals surface area contributed by atoms with Gasteiger partial charge >= 0.3 is 0 Å². The number of hydrogen-bond acceptors (Lipinski definition) is 1. The minimum Gasteiger partial charge on any atom is -0.393 e. The molecular formula is C30H50O. The van der Waals surface area contributed by atoms with Gasteiger partial charge in [0.1, 0.15) is 0 Å². The first-order valence-electron chi connectivity index (χ1n) is 13.5. The van der Waals surface area contributed by atoms with Crippen LogP contribution >= 0.6 is 0 Å². The lowest BCUT2D eigenvalue weighted by molar-refractivity contribution is -0.125. The molecule has 0 unspecified atom stereocenters. The van der Waals surface area contributed by atoms with Crippen molar-refractivity contribution in [2.75, 3.05) is 0 Å². The van der Waals surface area contributed by atoms with E-state index in [0.29, 0.717) is 22.7 Å². The summed E-state index contributed by atoms with van der Waals surface area (Å²) in [4.78, 5) is 0. The summed E-state index contributed by atoms with van der Waals surface area (Å²) in [5.41, 5.74) is 4.20. The summed E-state index contributed by atoms with van der Waals surface area (Å²) in [6.45, 7) is 21.4. The van der Waals surface area contributed by atoms with Gasteiger partial charge in [-0.2, -0.15) is 0 Å². The first-order chi connectivity index (χ1) is 14.4. The third-order valence-corrected chi connectivity index (χ3v) is 11.5. The van der Waals surface area contributed by atoms with Crippen molar-refractivity contribution in [1.82, 2.24) is 0 Å². The lowest BCUT2D eigenvalue weighted by atomic mass is 9.43. The van der Waals surface area contributed by atoms with Crippen LogP contribution in [-0.4, -0.2) is 11.2 Å². The van der Waals surface area contributed by atoms with Crippen LogP contribution in [0.25, 0.3) is 0 Å². The zero-order valence-corrected chi connectivity index (χ0v) is 21.6. The van der Waals surface area contributed by atoms with Gasteiger partial charge in [-0.15, -0.1) is 0 Å². The molecule has 8 atom stereocenters. The van der Waals surface area contributed by atoms with E-state index in [4.69, 9.17) is 0 Å². The average molecular weight is 427 g/mol. The van der Waals surface area contributed by atoms with Gasteiger partial charge in [-0.1, -0.05) is 72.3 Å². The third kappa shape index (κ3) is 3.60. The highest BCUT2D eigenvalue weighted by molar-refractivity contribution is 5.28. The Morgan fingerprint density at radius 1 is 1.00 bits per heavy atom. The van der Waals surface area contributed by atoms with Crippen molar-refractivity contribution in [2.24, 2.45) is 51.8 Å². The monoisotopic (exact) mass is 426 g/mol. The van der Waals surface area contributed by atoms with Crippen molar-refractivity contribution in [3.8, 4) is 0 Å². The first-order valence-corrected chi connectivity index (χ1v) is 13.5. The Kier molecular flexibility index (Phi) is 6.11. The Morgan fingerprint density at radius 2 is 1.65 bits per heavy atom. The first kappa shape index (κ1) is 23.6. The normalized spacial score (nSPS) is 44.8. The quantitative estimate of drug-likeness (QED) is 0.439. The van der Waals surface area contributed by atoms with Gasteiger partial charge in [0.05, 0.1) is 6.10 Å². The molecule has 0 heterocycles. The van der Waals surface area contributed by atoms with Crippen LogP contribution in [0.1, 0.15) is 106 Å². The Balaban J connectivity index is 1.54. The average Bonchev–Trinajstić information content (AvgIpc) is 3.06. The highest BCUT2D eigenvalue weighted by Crippen LogP contribution is 2.68. The van der Waals surface area contributed by atoms with Gasteiger partial charge in [0.15, 0.2) is 0 Å². The molecule has 0 saturated heterocycles. The zero-order valence-electron chi connectivity index (χ0n) is 21.6. The topological polar surface area (TPSA) is 20.2 Å². The van der Waals surface area contributed by atoms with Gasteiger partial charge in [0, 0.05) is 0 Å². The Hall–Kier alpha value is -0.560. The minimum atomic E-state index is -0.133. The molecule has 0 spiro atoms. The van der Waals surface area contributed by atoms with Crippen molar-refractivity contribution >= 4 is 0 Å². The molecule has 4 rings (SSSR count). The highest BCUT2D eigenvalue weighted by atomic mass is 16.3. The molecule has 1 N–H and O–H groups in total. The van der Waals surface area contributed by atoms with E-state index in [1.165, 1.54) is 56.9 Å². The number of aliphatic hydroxyl groups excluding tert-OH is 1. The summed E-state index contributed by atoms with van der Waals surface area (Å²) in [7, 11) is 0. The predicted octanol–water partition coefficient (Wildman–Crippen LogP) is 8.19. The molecule has 3 fully saturated rings. The molecule has 0 aliphatic heterocycles. The highest BCUT2D eigenvalue weighted by Gasteiger charge is 2.61. The van der Waals surface area contributed by atoms with Crippen LogP contribution in [-0.2, 0) is 0 Å². The third-order valence-electron chi connectivity index (χ3n) is 11.5. The molecule has 4 aliphatic carbocycles. The molecule has 0 aromatic carbocycles. The Morgan fingerprint density at radius 3 is 2.32 bits per heavy atom. The van der Waals surface area contributed by atoms with Crippen LogP contribution < -0.4 is 0 Å². The van der Waals surface area contributed by atoms with E-state index in [1.54, 1.807) is 0 Å². The SMILES string of the molecule is C=C(CC[C@@H](C)[C@H]1CC[C@H]2C3=CC[C@H]4C(C)(C)[C@@H](O)CC[C@]4(C)[C@H]3CC[C@]12C)C(C)C. The lowest BCUT2D eigenvalue weighted by Crippen LogP contribution is -2.56. The molecule has 0 bridgehead atoms. The van der Waals surface area contributed by atoms with Crippen LogP contribution in [0.2, 0.25) is 0 Å². The molecule has 0 aromatic rings. The number of fused-ring (bicyclic) bond motifs is 5. The number of rotatable bonds is 5. The molecule has 1 nitrogen and oxygen atoms in total. The Bertz CT molecular complexity index is 729. The maximum absolute atomic E-state index is 10.8. The summed E-state index contributed by atoms with van der Waals surface area (Å²) >= 11 is 0. The molecule has 1 heteroatoms. The van der Waals surface area contributed by atoms with Gasteiger partial charge < -0.3 is 5.11 Å². The van der Waals surface area contributed by atoms with E-state index in [2.05, 4.69) is 61.1 Å². The van der Waals surface area contributed by atoms with Crippen LogP contribution in [0.4, 0.5) is 0 Å². The molecule has 4 aliphatic rings. The molecule has 0 radical (unpaired) electrons. The summed E-state index contributed by atoms with van der Waals surface area (Å²) in [5, 5.41) is 10.8. The van der Waals surface area contributed by atoms with E-state index < -0.39 is 0 Å². The molecule has 0 amide bonds. The number of allylic oxidation sites excluding steroid dienone is 3. The van der Waals surface area contributed by atoms with E-state index in [0.717, 1.165) is 30.1 Å². The van der Waals surface area contributed by atoms with Crippen molar-refractivity contribution in [1.29, 1.82) is 0 Å². The van der Waals surface area contributed by atoms with E-state index >= 15 is 0 Å². The smallest absolute Gasteiger partial charge is 0.0594 e. The van der Waals surface area contributed by atoms with Crippen molar-refractivity contribution in [3.63, 3.8) is 0 Å². The predicted molar refractivity (Wildman–Crippen MR) is 133 cm³/mol. The summed E-state index contributed by atoms with van der Waals surface area (Å²) in [6.07, 6.45) is 14.1. The van der Waals surface area contributed by atoms with Crippen molar-refractivity contribution < 1.29 is 5.11 Å². The van der Waals surface area contributed by atoms with Crippen LogP contribution in [0.3, 0.4) is 0 Å². The fourth-order valence-electron chi connectivity index (χ4n) is 9.19. The largest absolute Gasteiger partial charge is 0.393 e. The fourth-order valence-corrected chi connectivity index (χ4v) is 9.19. The standard InChI is InChI=1S/C30H50O/c1-19(2)20(3)9-10-21(4)23-12-13-24-22-11-14-26-28(5,6)27(31)16-18-30(26,8)25(22)15-17-29(23,24)7/h11,19,21,23-27,31H,3,9-10,12-18H2,1-2,4-8H3/t21-,23-,24+,25+,26+,27+,29-,30-/m1/s1. The second kappa shape index (κ2) is 8.03. The maximum atomic E-state index is 10.8. The second-order valence-electron chi connectivity index (χ2n) is 13.5.